The van der Waals surface area contributed by atoms with E-state index in [2.05, 4.69) is 31.1 Å². The quantitative estimate of drug-likeness (QED) is 0.658. The Bertz CT molecular complexity index is 114. The van der Waals surface area contributed by atoms with Crippen LogP contribution in [0.5, 0.6) is 0 Å². The van der Waals surface area contributed by atoms with Crippen LogP contribution in [0.25, 0.3) is 0 Å². The molecule has 1 N–H and O–H groups in total. The van der Waals surface area contributed by atoms with Crippen molar-refractivity contribution in [3.05, 3.63) is 0 Å². The van der Waals surface area contributed by atoms with Gasteiger partial charge in [0.15, 0.2) is 0 Å². The Hall–Kier alpha value is -0.0800. The first kappa shape index (κ1) is 9.01. The van der Waals surface area contributed by atoms with Crippen molar-refractivity contribution in [1.82, 2.24) is 10.2 Å². The van der Waals surface area contributed by atoms with E-state index in [1.165, 1.54) is 19.4 Å². The lowest BCUT2D eigenvalue weighted by molar-refractivity contribution is 0.311. The monoisotopic (exact) mass is 156 g/mol. The number of rotatable bonds is 3. The van der Waals surface area contributed by atoms with E-state index in [4.69, 9.17) is 0 Å². The lowest BCUT2D eigenvalue weighted by Gasteiger charge is -2.19. The normalized spacial score (nSPS) is 31.6. The molecule has 1 fully saturated rings. The fourth-order valence-electron chi connectivity index (χ4n) is 1.67. The molecule has 0 aromatic rings. The SMILES string of the molecule is CCN(C)C[C@@H]1CC[C@H](C)N1. The first-order valence-electron chi connectivity index (χ1n) is 4.67. The molecular formula is C9H20N2. The van der Waals surface area contributed by atoms with Gasteiger partial charge in [-0.25, -0.2) is 0 Å². The van der Waals surface area contributed by atoms with Crippen LogP contribution in [0.2, 0.25) is 0 Å². The second-order valence-corrected chi connectivity index (χ2v) is 3.70. The molecule has 1 aliphatic rings. The second kappa shape index (κ2) is 4.07. The molecular weight excluding hydrogens is 136 g/mol. The summed E-state index contributed by atoms with van der Waals surface area (Å²) in [5.41, 5.74) is 0. The molecule has 1 rings (SSSR count). The fraction of sp³-hybridized carbons (Fsp3) is 1.00. The molecule has 0 bridgehead atoms. The van der Waals surface area contributed by atoms with Crippen molar-refractivity contribution in [2.45, 2.75) is 38.8 Å². The summed E-state index contributed by atoms with van der Waals surface area (Å²) in [7, 11) is 2.19. The molecule has 0 aliphatic carbocycles. The highest BCUT2D eigenvalue weighted by Gasteiger charge is 2.20. The van der Waals surface area contributed by atoms with Crippen LogP contribution < -0.4 is 5.32 Å². The molecule has 2 atom stereocenters. The summed E-state index contributed by atoms with van der Waals surface area (Å²) < 4.78 is 0. The molecule has 1 aliphatic heterocycles. The zero-order valence-electron chi connectivity index (χ0n) is 7.93. The van der Waals surface area contributed by atoms with Gasteiger partial charge in [0.2, 0.25) is 0 Å². The predicted octanol–water partition coefficient (Wildman–Crippen LogP) is 1.08. The third-order valence-electron chi connectivity index (χ3n) is 2.54. The minimum Gasteiger partial charge on any atom is -0.310 e. The van der Waals surface area contributed by atoms with E-state index in [0.29, 0.717) is 0 Å². The molecule has 0 radical (unpaired) electrons. The zero-order valence-corrected chi connectivity index (χ0v) is 7.93. The van der Waals surface area contributed by atoms with Crippen molar-refractivity contribution in [2.24, 2.45) is 0 Å². The first-order chi connectivity index (χ1) is 5.22. The van der Waals surface area contributed by atoms with Crippen molar-refractivity contribution in [1.29, 1.82) is 0 Å². The molecule has 66 valence electrons. The van der Waals surface area contributed by atoms with E-state index < -0.39 is 0 Å². The van der Waals surface area contributed by atoms with E-state index in [1.54, 1.807) is 0 Å². The summed E-state index contributed by atoms with van der Waals surface area (Å²) in [4.78, 5) is 2.37. The van der Waals surface area contributed by atoms with Gasteiger partial charge in [-0.15, -0.1) is 0 Å². The highest BCUT2D eigenvalue weighted by Crippen LogP contribution is 2.11. The number of likely N-dealkylation sites (N-methyl/N-ethyl adjacent to an activating group) is 1. The largest absolute Gasteiger partial charge is 0.310 e. The van der Waals surface area contributed by atoms with E-state index in [9.17, 15) is 0 Å². The molecule has 0 spiro atoms. The highest BCUT2D eigenvalue weighted by molar-refractivity contribution is 4.82. The van der Waals surface area contributed by atoms with Gasteiger partial charge in [0.05, 0.1) is 0 Å². The first-order valence-corrected chi connectivity index (χ1v) is 4.67. The Kier molecular flexibility index (Phi) is 3.34. The van der Waals surface area contributed by atoms with Crippen molar-refractivity contribution in [3.8, 4) is 0 Å². The van der Waals surface area contributed by atoms with E-state index in [-0.39, 0.29) is 0 Å². The number of hydrogen-bond donors (Lipinski definition) is 1. The van der Waals surface area contributed by atoms with Crippen LogP contribution in [0.1, 0.15) is 26.7 Å². The molecule has 2 nitrogen and oxygen atoms in total. The molecule has 1 saturated heterocycles. The summed E-state index contributed by atoms with van der Waals surface area (Å²) in [6.45, 7) is 6.84. The zero-order chi connectivity index (χ0) is 8.27. The van der Waals surface area contributed by atoms with Crippen molar-refractivity contribution in [3.63, 3.8) is 0 Å². The predicted molar refractivity (Wildman–Crippen MR) is 48.8 cm³/mol. The van der Waals surface area contributed by atoms with E-state index in [0.717, 1.165) is 18.6 Å². The Morgan fingerprint density at radius 1 is 1.45 bits per heavy atom. The summed E-state index contributed by atoms with van der Waals surface area (Å²) in [6, 6.07) is 1.49. The molecule has 0 unspecified atom stereocenters. The number of hydrogen-bond acceptors (Lipinski definition) is 2. The molecule has 0 aromatic carbocycles. The lowest BCUT2D eigenvalue weighted by Crippen LogP contribution is -2.37. The summed E-state index contributed by atoms with van der Waals surface area (Å²) >= 11 is 0. The number of nitrogens with zero attached hydrogens (tertiary/aromatic N) is 1. The maximum atomic E-state index is 3.58. The van der Waals surface area contributed by atoms with Gasteiger partial charge >= 0.3 is 0 Å². The van der Waals surface area contributed by atoms with E-state index >= 15 is 0 Å². The van der Waals surface area contributed by atoms with Crippen LogP contribution >= 0.6 is 0 Å². The average Bonchev–Trinajstić information content (AvgIpc) is 2.35. The van der Waals surface area contributed by atoms with Crippen molar-refractivity contribution in [2.75, 3.05) is 20.1 Å². The van der Waals surface area contributed by atoms with Gasteiger partial charge in [-0.2, -0.15) is 0 Å². The summed E-state index contributed by atoms with van der Waals surface area (Å²) in [6.07, 6.45) is 2.70. The molecule has 11 heavy (non-hydrogen) atoms. The lowest BCUT2D eigenvalue weighted by atomic mass is 10.2. The molecule has 0 saturated carbocycles. The van der Waals surface area contributed by atoms with E-state index in [1.807, 2.05) is 0 Å². The van der Waals surface area contributed by atoms with Gasteiger partial charge < -0.3 is 10.2 Å². The Labute approximate surface area is 70.0 Å². The van der Waals surface area contributed by atoms with Gasteiger partial charge in [0, 0.05) is 18.6 Å². The van der Waals surface area contributed by atoms with Crippen LogP contribution in [0.3, 0.4) is 0 Å². The minimum absolute atomic E-state index is 0.741. The topological polar surface area (TPSA) is 15.3 Å². The van der Waals surface area contributed by atoms with Crippen molar-refractivity contribution >= 4 is 0 Å². The van der Waals surface area contributed by atoms with Gasteiger partial charge in [-0.3, -0.25) is 0 Å². The summed E-state index contributed by atoms with van der Waals surface area (Å²) in [5.74, 6) is 0. The van der Waals surface area contributed by atoms with Crippen LogP contribution in [0, 0.1) is 0 Å². The Morgan fingerprint density at radius 3 is 2.64 bits per heavy atom. The highest BCUT2D eigenvalue weighted by atomic mass is 15.1. The minimum atomic E-state index is 0.741. The molecule has 0 amide bonds. The standard InChI is InChI=1S/C9H20N2/c1-4-11(3)7-9-6-5-8(2)10-9/h8-10H,4-7H2,1-3H3/t8-,9-/m0/s1. The van der Waals surface area contributed by atoms with Gasteiger partial charge in [-0.1, -0.05) is 6.92 Å². The maximum Gasteiger partial charge on any atom is 0.0197 e. The fourth-order valence-corrected chi connectivity index (χ4v) is 1.67. The average molecular weight is 156 g/mol. The Morgan fingerprint density at radius 2 is 2.18 bits per heavy atom. The number of nitrogens with one attached hydrogen (secondary N) is 1. The van der Waals surface area contributed by atoms with Gasteiger partial charge in [0.25, 0.3) is 0 Å². The third-order valence-corrected chi connectivity index (χ3v) is 2.54. The molecule has 2 heteroatoms. The maximum absolute atomic E-state index is 3.58. The van der Waals surface area contributed by atoms with Crippen LogP contribution in [-0.2, 0) is 0 Å². The summed E-state index contributed by atoms with van der Waals surface area (Å²) in [5, 5.41) is 3.58. The van der Waals surface area contributed by atoms with Crippen LogP contribution in [-0.4, -0.2) is 37.1 Å². The van der Waals surface area contributed by atoms with Gasteiger partial charge in [0.1, 0.15) is 0 Å². The van der Waals surface area contributed by atoms with Crippen molar-refractivity contribution < 1.29 is 0 Å². The Balaban J connectivity index is 2.17. The van der Waals surface area contributed by atoms with Crippen LogP contribution in [0.4, 0.5) is 0 Å². The third kappa shape index (κ3) is 2.80. The van der Waals surface area contributed by atoms with Crippen LogP contribution in [0.15, 0.2) is 0 Å². The second-order valence-electron chi connectivity index (χ2n) is 3.70. The smallest absolute Gasteiger partial charge is 0.0197 e. The van der Waals surface area contributed by atoms with Gasteiger partial charge in [-0.05, 0) is 33.4 Å². The molecule has 0 aromatic heterocycles. The molecule has 1 heterocycles.